The third-order valence-corrected chi connectivity index (χ3v) is 3.57. The van der Waals surface area contributed by atoms with Crippen molar-refractivity contribution in [1.82, 2.24) is 15.5 Å². The summed E-state index contributed by atoms with van der Waals surface area (Å²) in [7, 11) is 0. The van der Waals surface area contributed by atoms with E-state index in [4.69, 9.17) is 4.52 Å². The van der Waals surface area contributed by atoms with E-state index in [-0.39, 0.29) is 0 Å². The van der Waals surface area contributed by atoms with E-state index in [0.717, 1.165) is 24.8 Å². The second-order valence-corrected chi connectivity index (χ2v) is 4.66. The lowest BCUT2D eigenvalue weighted by atomic mass is 9.85. The van der Waals surface area contributed by atoms with Gasteiger partial charge in [0.15, 0.2) is 5.82 Å². The smallest absolute Gasteiger partial charge is 0.231 e. The van der Waals surface area contributed by atoms with E-state index in [0.29, 0.717) is 11.8 Å². The maximum Gasteiger partial charge on any atom is 0.231 e. The van der Waals surface area contributed by atoms with Crippen molar-refractivity contribution in [2.75, 3.05) is 13.1 Å². The Hall–Kier alpha value is -0.900. The fourth-order valence-corrected chi connectivity index (χ4v) is 2.31. The predicted octanol–water partition coefficient (Wildman–Crippen LogP) is 1.80. The third-order valence-electron chi connectivity index (χ3n) is 3.57. The van der Waals surface area contributed by atoms with Gasteiger partial charge in [-0.1, -0.05) is 11.6 Å². The lowest BCUT2D eigenvalue weighted by Gasteiger charge is -2.21. The van der Waals surface area contributed by atoms with Gasteiger partial charge in [0, 0.05) is 12.5 Å². The van der Waals surface area contributed by atoms with Crippen LogP contribution in [0.4, 0.5) is 0 Å². The fourth-order valence-electron chi connectivity index (χ4n) is 2.31. The molecule has 82 valence electrons. The Morgan fingerprint density at radius 1 is 1.13 bits per heavy atom. The van der Waals surface area contributed by atoms with Gasteiger partial charge in [-0.3, -0.25) is 0 Å². The lowest BCUT2D eigenvalue weighted by molar-refractivity contribution is 0.313. The number of hydrogen-bond acceptors (Lipinski definition) is 4. The minimum atomic E-state index is 0.445. The molecule has 0 amide bonds. The monoisotopic (exact) mass is 207 g/mol. The molecule has 1 aromatic rings. The summed E-state index contributed by atoms with van der Waals surface area (Å²) >= 11 is 0. The van der Waals surface area contributed by atoms with Gasteiger partial charge < -0.3 is 9.84 Å². The van der Waals surface area contributed by atoms with Crippen LogP contribution in [-0.2, 0) is 0 Å². The molecule has 1 aliphatic heterocycles. The first kappa shape index (κ1) is 9.33. The van der Waals surface area contributed by atoms with Gasteiger partial charge in [-0.15, -0.1) is 0 Å². The Bertz CT molecular complexity index is 326. The van der Waals surface area contributed by atoms with Crippen molar-refractivity contribution in [3.05, 3.63) is 11.7 Å². The Kier molecular flexibility index (Phi) is 2.44. The zero-order valence-corrected chi connectivity index (χ0v) is 8.91. The van der Waals surface area contributed by atoms with Gasteiger partial charge in [0.1, 0.15) is 0 Å². The van der Waals surface area contributed by atoms with E-state index < -0.39 is 0 Å². The molecule has 1 aliphatic carbocycles. The summed E-state index contributed by atoms with van der Waals surface area (Å²) in [4.78, 5) is 4.54. The van der Waals surface area contributed by atoms with Crippen molar-refractivity contribution in [2.45, 2.75) is 43.9 Å². The van der Waals surface area contributed by atoms with E-state index in [2.05, 4.69) is 15.5 Å². The van der Waals surface area contributed by atoms with E-state index in [1.807, 2.05) is 0 Å². The highest BCUT2D eigenvalue weighted by atomic mass is 16.5. The molecule has 0 radical (unpaired) electrons. The molecule has 0 aromatic carbocycles. The zero-order valence-electron chi connectivity index (χ0n) is 8.91. The molecular weight excluding hydrogens is 190 g/mol. The van der Waals surface area contributed by atoms with Gasteiger partial charge in [-0.2, -0.15) is 4.98 Å². The second-order valence-electron chi connectivity index (χ2n) is 4.66. The lowest BCUT2D eigenvalue weighted by Crippen LogP contribution is -2.28. The first-order valence-corrected chi connectivity index (χ1v) is 5.97. The molecule has 1 atom stereocenters. The molecule has 2 heterocycles. The summed E-state index contributed by atoms with van der Waals surface area (Å²) in [5.41, 5.74) is 0. The van der Waals surface area contributed by atoms with Crippen molar-refractivity contribution < 1.29 is 4.52 Å². The van der Waals surface area contributed by atoms with Crippen LogP contribution in [0.2, 0.25) is 0 Å². The summed E-state index contributed by atoms with van der Waals surface area (Å²) in [5, 5.41) is 7.47. The second kappa shape index (κ2) is 3.93. The van der Waals surface area contributed by atoms with Crippen LogP contribution in [0, 0.1) is 0 Å². The highest BCUT2D eigenvalue weighted by Gasteiger charge is 2.27. The Labute approximate surface area is 89.4 Å². The van der Waals surface area contributed by atoms with Crippen LogP contribution >= 0.6 is 0 Å². The minimum Gasteiger partial charge on any atom is -0.339 e. The molecule has 2 fully saturated rings. The number of rotatable bonds is 2. The number of nitrogens with zero attached hydrogens (tertiary/aromatic N) is 2. The maximum absolute atomic E-state index is 5.36. The number of aromatic nitrogens is 2. The van der Waals surface area contributed by atoms with Crippen LogP contribution in [-0.4, -0.2) is 23.2 Å². The van der Waals surface area contributed by atoms with Crippen LogP contribution in [0.5, 0.6) is 0 Å². The van der Waals surface area contributed by atoms with Gasteiger partial charge in [0.05, 0.1) is 5.92 Å². The third kappa shape index (κ3) is 1.78. The molecular formula is C11H17N3O. The Morgan fingerprint density at radius 2 is 2.00 bits per heavy atom. The summed E-state index contributed by atoms with van der Waals surface area (Å²) < 4.78 is 5.36. The first-order valence-electron chi connectivity index (χ1n) is 5.97. The zero-order chi connectivity index (χ0) is 10.1. The van der Waals surface area contributed by atoms with Crippen molar-refractivity contribution in [3.63, 3.8) is 0 Å². The number of hydrogen-bond donors (Lipinski definition) is 1. The average molecular weight is 207 g/mol. The summed E-state index contributed by atoms with van der Waals surface area (Å²) in [6.45, 7) is 2.12. The first-order chi connectivity index (χ1) is 7.43. The molecule has 1 saturated carbocycles. The molecule has 1 N–H and O–H groups in total. The molecule has 1 saturated heterocycles. The molecule has 15 heavy (non-hydrogen) atoms. The van der Waals surface area contributed by atoms with E-state index >= 15 is 0 Å². The van der Waals surface area contributed by atoms with Crippen molar-refractivity contribution in [3.8, 4) is 0 Å². The van der Waals surface area contributed by atoms with Crippen LogP contribution in [0.3, 0.4) is 0 Å². The van der Waals surface area contributed by atoms with Gasteiger partial charge in [0.25, 0.3) is 0 Å². The molecule has 1 unspecified atom stereocenters. The van der Waals surface area contributed by atoms with Crippen LogP contribution in [0.15, 0.2) is 4.52 Å². The Morgan fingerprint density at radius 3 is 2.67 bits per heavy atom. The summed E-state index contributed by atoms with van der Waals surface area (Å²) in [5.74, 6) is 2.82. The number of nitrogens with one attached hydrogen (secondary N) is 1. The molecule has 0 bridgehead atoms. The highest BCUT2D eigenvalue weighted by molar-refractivity contribution is 5.03. The van der Waals surface area contributed by atoms with Gasteiger partial charge in [0.2, 0.25) is 5.89 Å². The topological polar surface area (TPSA) is 51.0 Å². The van der Waals surface area contributed by atoms with Gasteiger partial charge >= 0.3 is 0 Å². The maximum atomic E-state index is 5.36. The fraction of sp³-hybridized carbons (Fsp3) is 0.818. The quantitative estimate of drug-likeness (QED) is 0.803. The van der Waals surface area contributed by atoms with Gasteiger partial charge in [-0.05, 0) is 32.2 Å². The standard InChI is InChI=1S/C11H17N3O/c1-3-8(4-1)10-13-11(15-14-10)9-5-2-6-12-7-9/h8-9,12H,1-7H2. The molecule has 2 aliphatic rings. The van der Waals surface area contributed by atoms with E-state index in [1.54, 1.807) is 0 Å². The largest absolute Gasteiger partial charge is 0.339 e. The summed E-state index contributed by atoms with van der Waals surface area (Å²) in [6.07, 6.45) is 6.19. The average Bonchev–Trinajstić information content (AvgIpc) is 2.66. The van der Waals surface area contributed by atoms with Crippen LogP contribution < -0.4 is 5.32 Å². The predicted molar refractivity (Wildman–Crippen MR) is 55.7 cm³/mol. The normalized spacial score (nSPS) is 27.6. The Balaban J connectivity index is 1.71. The molecule has 4 nitrogen and oxygen atoms in total. The molecule has 0 spiro atoms. The van der Waals surface area contributed by atoms with Crippen molar-refractivity contribution >= 4 is 0 Å². The SMILES string of the molecule is C1CC(c2noc(C3CCCNC3)n2)C1. The van der Waals surface area contributed by atoms with Crippen LogP contribution in [0.1, 0.15) is 55.7 Å². The van der Waals surface area contributed by atoms with Crippen LogP contribution in [0.25, 0.3) is 0 Å². The van der Waals surface area contributed by atoms with Crippen molar-refractivity contribution in [1.29, 1.82) is 0 Å². The summed E-state index contributed by atoms with van der Waals surface area (Å²) in [6, 6.07) is 0. The molecule has 1 aromatic heterocycles. The van der Waals surface area contributed by atoms with E-state index in [9.17, 15) is 0 Å². The number of piperidine rings is 1. The van der Waals surface area contributed by atoms with E-state index in [1.165, 1.54) is 32.1 Å². The molecule has 4 heteroatoms. The molecule has 3 rings (SSSR count). The van der Waals surface area contributed by atoms with Gasteiger partial charge in [-0.25, -0.2) is 0 Å². The minimum absolute atomic E-state index is 0.445. The van der Waals surface area contributed by atoms with Crippen molar-refractivity contribution in [2.24, 2.45) is 0 Å². The highest BCUT2D eigenvalue weighted by Crippen LogP contribution is 2.35.